The number of hydrogen-bond donors (Lipinski definition) is 0. The third-order valence-electron chi connectivity index (χ3n) is 4.38. The largest absolute Gasteiger partial charge is 0.342 e. The molecule has 0 saturated carbocycles. The smallest absolute Gasteiger partial charge is 0.229 e. The van der Waals surface area contributed by atoms with Crippen molar-refractivity contribution in [1.82, 2.24) is 4.90 Å². The van der Waals surface area contributed by atoms with Crippen molar-refractivity contribution in [3.05, 3.63) is 23.8 Å². The zero-order valence-electron chi connectivity index (χ0n) is 11.9. The highest BCUT2D eigenvalue weighted by molar-refractivity contribution is 5.81. The standard InChI is InChI=1S/C16H25NO/c1-12(2)14-7-9-17(10-8-14)16(18)15-6-4-5-13(3)11-15/h4-6,12,14-15H,7-11H2,1-3H3. The zero-order chi connectivity index (χ0) is 13.1. The van der Waals surface area contributed by atoms with E-state index >= 15 is 0 Å². The lowest BCUT2D eigenvalue weighted by molar-refractivity contribution is -0.135. The molecule has 1 amide bonds. The maximum Gasteiger partial charge on any atom is 0.229 e. The fraction of sp³-hybridized carbons (Fsp3) is 0.688. The number of likely N-dealkylation sites (tertiary alicyclic amines) is 1. The average Bonchev–Trinajstić information content (AvgIpc) is 2.38. The fourth-order valence-electron chi connectivity index (χ4n) is 3.03. The van der Waals surface area contributed by atoms with Gasteiger partial charge >= 0.3 is 0 Å². The first-order valence-electron chi connectivity index (χ1n) is 7.20. The van der Waals surface area contributed by atoms with Gasteiger partial charge in [-0.1, -0.05) is 37.6 Å². The third-order valence-corrected chi connectivity index (χ3v) is 4.38. The summed E-state index contributed by atoms with van der Waals surface area (Å²) in [6, 6.07) is 0. The summed E-state index contributed by atoms with van der Waals surface area (Å²) in [5.41, 5.74) is 1.31. The molecule has 0 aromatic heterocycles. The van der Waals surface area contributed by atoms with Crippen molar-refractivity contribution in [2.24, 2.45) is 17.8 Å². The Labute approximate surface area is 111 Å². The van der Waals surface area contributed by atoms with Crippen LogP contribution in [-0.2, 0) is 4.79 Å². The summed E-state index contributed by atoms with van der Waals surface area (Å²) >= 11 is 0. The van der Waals surface area contributed by atoms with Crippen LogP contribution in [0.1, 0.15) is 40.0 Å². The minimum absolute atomic E-state index is 0.0885. The second kappa shape index (κ2) is 5.73. The monoisotopic (exact) mass is 247 g/mol. The molecular weight excluding hydrogens is 222 g/mol. The van der Waals surface area contributed by atoms with Crippen LogP contribution in [0.25, 0.3) is 0 Å². The molecule has 2 nitrogen and oxygen atoms in total. The van der Waals surface area contributed by atoms with Crippen LogP contribution in [0.4, 0.5) is 0 Å². The van der Waals surface area contributed by atoms with Crippen LogP contribution in [0.15, 0.2) is 23.8 Å². The quantitative estimate of drug-likeness (QED) is 0.732. The Morgan fingerprint density at radius 2 is 2.00 bits per heavy atom. The molecule has 1 aliphatic heterocycles. The van der Waals surface area contributed by atoms with Gasteiger partial charge in [-0.25, -0.2) is 0 Å². The molecule has 1 atom stereocenters. The highest BCUT2D eigenvalue weighted by atomic mass is 16.2. The molecule has 1 fully saturated rings. The minimum Gasteiger partial charge on any atom is -0.342 e. The fourth-order valence-corrected chi connectivity index (χ4v) is 3.03. The van der Waals surface area contributed by atoms with Gasteiger partial charge in [0.2, 0.25) is 5.91 Å². The SMILES string of the molecule is CC1=CC=CC(C(=O)N2CCC(C(C)C)CC2)C1. The van der Waals surface area contributed by atoms with E-state index in [1.165, 1.54) is 18.4 Å². The molecule has 2 aliphatic rings. The first-order chi connectivity index (χ1) is 8.58. The van der Waals surface area contributed by atoms with Crippen molar-refractivity contribution >= 4 is 5.91 Å². The van der Waals surface area contributed by atoms with Crippen LogP contribution in [0.5, 0.6) is 0 Å². The number of carbonyl (C=O) groups is 1. The first kappa shape index (κ1) is 13.4. The number of hydrogen-bond acceptors (Lipinski definition) is 1. The zero-order valence-corrected chi connectivity index (χ0v) is 11.9. The molecule has 0 aromatic carbocycles. The Morgan fingerprint density at radius 1 is 1.33 bits per heavy atom. The van der Waals surface area contributed by atoms with Crippen LogP contribution in [0.3, 0.4) is 0 Å². The van der Waals surface area contributed by atoms with E-state index in [1.54, 1.807) is 0 Å². The topological polar surface area (TPSA) is 20.3 Å². The summed E-state index contributed by atoms with van der Waals surface area (Å²) in [6.07, 6.45) is 9.45. The lowest BCUT2D eigenvalue weighted by Crippen LogP contribution is -2.42. The molecule has 0 N–H and O–H groups in total. The highest BCUT2D eigenvalue weighted by Crippen LogP contribution is 2.27. The molecular formula is C16H25NO. The van der Waals surface area contributed by atoms with Gasteiger partial charge in [-0.15, -0.1) is 0 Å². The maximum atomic E-state index is 12.4. The number of amides is 1. The summed E-state index contributed by atoms with van der Waals surface area (Å²) < 4.78 is 0. The van der Waals surface area contributed by atoms with Gasteiger partial charge in [0.05, 0.1) is 5.92 Å². The van der Waals surface area contributed by atoms with Gasteiger partial charge < -0.3 is 4.90 Å². The van der Waals surface area contributed by atoms with E-state index in [0.717, 1.165) is 31.3 Å². The third kappa shape index (κ3) is 3.04. The van der Waals surface area contributed by atoms with Crippen LogP contribution in [0, 0.1) is 17.8 Å². The normalized spacial score (nSPS) is 25.4. The molecule has 1 saturated heterocycles. The summed E-state index contributed by atoms with van der Waals surface area (Å²) in [6.45, 7) is 8.60. The number of carbonyl (C=O) groups excluding carboxylic acids is 1. The molecule has 2 heteroatoms. The van der Waals surface area contributed by atoms with E-state index in [2.05, 4.69) is 37.8 Å². The number of nitrogens with zero attached hydrogens (tertiary/aromatic N) is 1. The number of rotatable bonds is 2. The van der Waals surface area contributed by atoms with E-state index in [1.807, 2.05) is 6.08 Å². The van der Waals surface area contributed by atoms with E-state index in [9.17, 15) is 4.79 Å². The summed E-state index contributed by atoms with van der Waals surface area (Å²) in [7, 11) is 0. The predicted octanol–water partition coefficient (Wildman–Crippen LogP) is 3.40. The number of piperidine rings is 1. The second-order valence-corrected chi connectivity index (χ2v) is 6.12. The van der Waals surface area contributed by atoms with Crippen molar-refractivity contribution in [2.75, 3.05) is 13.1 Å². The van der Waals surface area contributed by atoms with Crippen molar-refractivity contribution in [1.29, 1.82) is 0 Å². The van der Waals surface area contributed by atoms with E-state index in [4.69, 9.17) is 0 Å². The van der Waals surface area contributed by atoms with Gasteiger partial charge in [-0.3, -0.25) is 4.79 Å². The van der Waals surface area contributed by atoms with Gasteiger partial charge in [0.1, 0.15) is 0 Å². The second-order valence-electron chi connectivity index (χ2n) is 6.12. The van der Waals surface area contributed by atoms with Crippen molar-refractivity contribution in [2.45, 2.75) is 40.0 Å². The van der Waals surface area contributed by atoms with Crippen LogP contribution < -0.4 is 0 Å². The Morgan fingerprint density at radius 3 is 2.56 bits per heavy atom. The molecule has 18 heavy (non-hydrogen) atoms. The van der Waals surface area contributed by atoms with E-state index in [-0.39, 0.29) is 5.92 Å². The Balaban J connectivity index is 1.88. The number of allylic oxidation sites excluding steroid dienone is 3. The molecule has 0 aromatic rings. The summed E-state index contributed by atoms with van der Waals surface area (Å²) in [5.74, 6) is 1.98. The average molecular weight is 247 g/mol. The van der Waals surface area contributed by atoms with Crippen molar-refractivity contribution in [3.8, 4) is 0 Å². The molecule has 1 heterocycles. The van der Waals surface area contributed by atoms with Gasteiger partial charge in [0, 0.05) is 13.1 Å². The molecule has 1 aliphatic carbocycles. The Kier molecular flexibility index (Phi) is 4.26. The van der Waals surface area contributed by atoms with Crippen LogP contribution in [-0.4, -0.2) is 23.9 Å². The first-order valence-corrected chi connectivity index (χ1v) is 7.20. The Hall–Kier alpha value is -1.05. The summed E-state index contributed by atoms with van der Waals surface area (Å²) in [5, 5.41) is 0. The summed E-state index contributed by atoms with van der Waals surface area (Å²) in [4.78, 5) is 14.5. The van der Waals surface area contributed by atoms with E-state index < -0.39 is 0 Å². The lowest BCUT2D eigenvalue weighted by atomic mass is 9.86. The van der Waals surface area contributed by atoms with Crippen LogP contribution >= 0.6 is 0 Å². The highest BCUT2D eigenvalue weighted by Gasteiger charge is 2.28. The van der Waals surface area contributed by atoms with Gasteiger partial charge in [0.15, 0.2) is 0 Å². The van der Waals surface area contributed by atoms with Gasteiger partial charge in [0.25, 0.3) is 0 Å². The lowest BCUT2D eigenvalue weighted by Gasteiger charge is -2.35. The molecule has 2 rings (SSSR count). The molecule has 0 spiro atoms. The van der Waals surface area contributed by atoms with Gasteiger partial charge in [-0.05, 0) is 38.0 Å². The predicted molar refractivity (Wildman–Crippen MR) is 75.1 cm³/mol. The maximum absolute atomic E-state index is 12.4. The molecule has 1 unspecified atom stereocenters. The molecule has 100 valence electrons. The van der Waals surface area contributed by atoms with E-state index in [0.29, 0.717) is 5.91 Å². The molecule has 0 bridgehead atoms. The minimum atomic E-state index is 0.0885. The molecule has 0 radical (unpaired) electrons. The van der Waals surface area contributed by atoms with Crippen LogP contribution in [0.2, 0.25) is 0 Å². The Bertz CT molecular complexity index is 359. The van der Waals surface area contributed by atoms with Crippen molar-refractivity contribution in [3.63, 3.8) is 0 Å². The van der Waals surface area contributed by atoms with Crippen molar-refractivity contribution < 1.29 is 4.79 Å². The van der Waals surface area contributed by atoms with Gasteiger partial charge in [-0.2, -0.15) is 0 Å².